The molecule has 0 unspecified atom stereocenters. The average Bonchev–Trinajstić information content (AvgIpc) is 2.06. The van der Waals surface area contributed by atoms with Gasteiger partial charge in [0.2, 0.25) is 0 Å². The second-order valence-electron chi connectivity index (χ2n) is 1.57. The fourth-order valence-electron chi connectivity index (χ4n) is 0.250. The summed E-state index contributed by atoms with van der Waals surface area (Å²) in [5, 5.41) is 23.4. The van der Waals surface area contributed by atoms with Crippen LogP contribution in [-0.2, 0) is 4.74 Å². The first kappa shape index (κ1) is 13.4. The molecule has 0 fully saturated rings. The second kappa shape index (κ2) is 16.4. The van der Waals surface area contributed by atoms with Gasteiger partial charge in [-0.2, -0.15) is 0 Å². The van der Waals surface area contributed by atoms with E-state index in [1.807, 2.05) is 0 Å². The lowest BCUT2D eigenvalue weighted by atomic mass is 10.7. The Kier molecular flexibility index (Phi) is 20.0. The van der Waals surface area contributed by atoms with Crippen LogP contribution in [0, 0.1) is 0 Å². The van der Waals surface area contributed by atoms with Gasteiger partial charge in [0.25, 0.3) is 0 Å². The third-order valence-corrected chi connectivity index (χ3v) is 0.598. The summed E-state index contributed by atoms with van der Waals surface area (Å²) in [6.07, 6.45) is 0. The molecule has 0 saturated carbocycles. The molecular weight excluding hydrogens is 150 g/mol. The standard InChI is InChI=1S/C4H11NO2.C2H6O2/c5-1-3-7-4-2-6;3-1-2-4/h6H,1-5H2;3-4H,1-2H2. The Morgan fingerprint density at radius 1 is 0.909 bits per heavy atom. The van der Waals surface area contributed by atoms with Crippen molar-refractivity contribution < 1.29 is 20.1 Å². The van der Waals surface area contributed by atoms with E-state index in [0.29, 0.717) is 19.8 Å². The highest BCUT2D eigenvalue weighted by atomic mass is 16.5. The molecule has 0 aromatic carbocycles. The summed E-state index contributed by atoms with van der Waals surface area (Å²) < 4.78 is 4.76. The minimum Gasteiger partial charge on any atom is -0.394 e. The topological polar surface area (TPSA) is 95.9 Å². The highest BCUT2D eigenvalue weighted by molar-refractivity contribution is 4.28. The zero-order valence-electron chi connectivity index (χ0n) is 6.57. The zero-order valence-corrected chi connectivity index (χ0v) is 6.57. The number of aliphatic hydroxyl groups is 3. The quantitative estimate of drug-likeness (QED) is 0.353. The van der Waals surface area contributed by atoms with Crippen LogP contribution in [0.3, 0.4) is 0 Å². The predicted octanol–water partition coefficient (Wildman–Crippen LogP) is -2.07. The lowest BCUT2D eigenvalue weighted by Gasteiger charge is -1.95. The lowest BCUT2D eigenvalue weighted by Crippen LogP contribution is -2.10. The van der Waals surface area contributed by atoms with Crippen LogP contribution in [0.15, 0.2) is 0 Å². The van der Waals surface area contributed by atoms with E-state index in [4.69, 9.17) is 25.8 Å². The van der Waals surface area contributed by atoms with Crippen LogP contribution in [0.4, 0.5) is 0 Å². The normalized spacial score (nSPS) is 8.73. The van der Waals surface area contributed by atoms with Gasteiger partial charge in [-0.3, -0.25) is 0 Å². The molecule has 0 rings (SSSR count). The molecule has 0 spiro atoms. The van der Waals surface area contributed by atoms with Crippen molar-refractivity contribution in [1.29, 1.82) is 0 Å². The van der Waals surface area contributed by atoms with Crippen LogP contribution in [0.2, 0.25) is 0 Å². The minimum absolute atomic E-state index is 0.0833. The molecule has 0 aromatic rings. The molecule has 70 valence electrons. The summed E-state index contributed by atoms with van der Waals surface area (Å²) in [6.45, 7) is 1.30. The van der Waals surface area contributed by atoms with Crippen molar-refractivity contribution in [3.05, 3.63) is 0 Å². The van der Waals surface area contributed by atoms with Crippen LogP contribution < -0.4 is 5.73 Å². The van der Waals surface area contributed by atoms with E-state index < -0.39 is 0 Å². The number of ether oxygens (including phenoxy) is 1. The van der Waals surface area contributed by atoms with E-state index in [1.54, 1.807) is 0 Å². The molecule has 0 amide bonds. The highest BCUT2D eigenvalue weighted by Crippen LogP contribution is 1.66. The summed E-state index contributed by atoms with van der Waals surface area (Å²) in [5.41, 5.74) is 5.06. The van der Waals surface area contributed by atoms with Gasteiger partial charge in [-0.25, -0.2) is 0 Å². The molecule has 0 aliphatic carbocycles. The van der Waals surface area contributed by atoms with Gasteiger partial charge in [0.15, 0.2) is 0 Å². The van der Waals surface area contributed by atoms with Crippen LogP contribution in [0.5, 0.6) is 0 Å². The molecule has 0 bridgehead atoms. The zero-order chi connectivity index (χ0) is 8.95. The van der Waals surface area contributed by atoms with E-state index in [9.17, 15) is 0 Å². The average molecular weight is 167 g/mol. The van der Waals surface area contributed by atoms with E-state index in [-0.39, 0.29) is 19.8 Å². The maximum atomic E-state index is 8.13. The summed E-state index contributed by atoms with van der Waals surface area (Å²) in [6, 6.07) is 0. The Labute approximate surface area is 66.4 Å². The van der Waals surface area contributed by atoms with Gasteiger partial charge in [0.05, 0.1) is 33.0 Å². The summed E-state index contributed by atoms with van der Waals surface area (Å²) >= 11 is 0. The van der Waals surface area contributed by atoms with E-state index in [1.165, 1.54) is 0 Å². The summed E-state index contributed by atoms with van der Waals surface area (Å²) in [5.74, 6) is 0. The third kappa shape index (κ3) is 25.9. The fraction of sp³-hybridized carbons (Fsp3) is 1.00. The van der Waals surface area contributed by atoms with Crippen LogP contribution >= 0.6 is 0 Å². The first-order chi connectivity index (χ1) is 5.33. The van der Waals surface area contributed by atoms with Gasteiger partial charge in [-0.1, -0.05) is 0 Å². The van der Waals surface area contributed by atoms with Crippen molar-refractivity contribution in [2.24, 2.45) is 5.73 Å². The van der Waals surface area contributed by atoms with E-state index >= 15 is 0 Å². The number of hydrogen-bond acceptors (Lipinski definition) is 5. The Hall–Kier alpha value is -0.200. The van der Waals surface area contributed by atoms with Gasteiger partial charge in [-0.15, -0.1) is 0 Å². The Morgan fingerprint density at radius 3 is 1.73 bits per heavy atom. The molecule has 5 nitrogen and oxygen atoms in total. The Bertz CT molecular complexity index is 47.8. The molecule has 0 saturated heterocycles. The van der Waals surface area contributed by atoms with Gasteiger partial charge < -0.3 is 25.8 Å². The summed E-state index contributed by atoms with van der Waals surface area (Å²) in [7, 11) is 0. The molecule has 5 heteroatoms. The number of rotatable bonds is 5. The largest absolute Gasteiger partial charge is 0.394 e. The smallest absolute Gasteiger partial charge is 0.0698 e. The van der Waals surface area contributed by atoms with E-state index in [2.05, 4.69) is 0 Å². The molecule has 5 N–H and O–H groups in total. The monoisotopic (exact) mass is 167 g/mol. The van der Waals surface area contributed by atoms with E-state index in [0.717, 1.165) is 0 Å². The Balaban J connectivity index is 0. The Morgan fingerprint density at radius 2 is 1.45 bits per heavy atom. The SMILES string of the molecule is NCCOCCO.OCCO. The molecule has 0 aliphatic heterocycles. The molecular formula is C6H17NO4. The molecule has 0 radical (unpaired) electrons. The number of nitrogens with two attached hydrogens (primary N) is 1. The molecule has 0 aromatic heterocycles. The maximum Gasteiger partial charge on any atom is 0.0698 e. The van der Waals surface area contributed by atoms with Gasteiger partial charge in [-0.05, 0) is 0 Å². The minimum atomic E-state index is -0.125. The molecule has 11 heavy (non-hydrogen) atoms. The van der Waals surface area contributed by atoms with Gasteiger partial charge >= 0.3 is 0 Å². The maximum absolute atomic E-state index is 8.13. The number of hydrogen-bond donors (Lipinski definition) is 4. The first-order valence-corrected chi connectivity index (χ1v) is 3.43. The first-order valence-electron chi connectivity index (χ1n) is 3.43. The van der Waals surface area contributed by atoms with Crippen LogP contribution in [-0.4, -0.2) is 54.9 Å². The van der Waals surface area contributed by atoms with Crippen LogP contribution in [0.1, 0.15) is 0 Å². The van der Waals surface area contributed by atoms with Crippen molar-refractivity contribution in [2.45, 2.75) is 0 Å². The van der Waals surface area contributed by atoms with Crippen molar-refractivity contribution in [1.82, 2.24) is 0 Å². The predicted molar refractivity (Wildman–Crippen MR) is 41.1 cm³/mol. The van der Waals surface area contributed by atoms with Crippen LogP contribution in [0.25, 0.3) is 0 Å². The fourth-order valence-corrected chi connectivity index (χ4v) is 0.250. The summed E-state index contributed by atoms with van der Waals surface area (Å²) in [4.78, 5) is 0. The van der Waals surface area contributed by atoms with Crippen molar-refractivity contribution in [3.8, 4) is 0 Å². The lowest BCUT2D eigenvalue weighted by molar-refractivity contribution is 0.0976. The molecule has 0 atom stereocenters. The number of aliphatic hydroxyl groups excluding tert-OH is 3. The molecule has 0 aliphatic rings. The third-order valence-electron chi connectivity index (χ3n) is 0.598. The van der Waals surface area contributed by atoms with Crippen molar-refractivity contribution in [2.75, 3.05) is 39.6 Å². The van der Waals surface area contributed by atoms with Gasteiger partial charge in [0, 0.05) is 6.54 Å². The van der Waals surface area contributed by atoms with Crippen molar-refractivity contribution in [3.63, 3.8) is 0 Å². The van der Waals surface area contributed by atoms with Crippen molar-refractivity contribution >= 4 is 0 Å². The molecule has 0 heterocycles. The second-order valence-corrected chi connectivity index (χ2v) is 1.57. The highest BCUT2D eigenvalue weighted by Gasteiger charge is 1.78. The van der Waals surface area contributed by atoms with Gasteiger partial charge in [0.1, 0.15) is 0 Å².